The van der Waals surface area contributed by atoms with Gasteiger partial charge in [0.2, 0.25) is 0 Å². The molecular weight excluding hydrogens is 334 g/mol. The van der Waals surface area contributed by atoms with E-state index in [1.165, 1.54) is 5.56 Å². The van der Waals surface area contributed by atoms with E-state index in [0.29, 0.717) is 5.69 Å². The SMILES string of the molecule is Cc1ccc(-c2nc(C3C(=O)[C@@H]4[C@H](C3=O)[C@H]3CC[C@@H]4O3)c(C)s2)cc1. The Morgan fingerprint density at radius 1 is 1.00 bits per heavy atom. The van der Waals surface area contributed by atoms with Gasteiger partial charge < -0.3 is 4.74 Å². The van der Waals surface area contributed by atoms with Crippen molar-refractivity contribution >= 4 is 22.9 Å². The summed E-state index contributed by atoms with van der Waals surface area (Å²) in [5, 5.41) is 0.879. The van der Waals surface area contributed by atoms with Gasteiger partial charge in [-0.1, -0.05) is 29.8 Å². The molecule has 0 amide bonds. The lowest BCUT2D eigenvalue weighted by Crippen LogP contribution is -2.29. The Morgan fingerprint density at radius 2 is 1.60 bits per heavy atom. The van der Waals surface area contributed by atoms with Crippen molar-refractivity contribution in [2.45, 2.75) is 44.8 Å². The van der Waals surface area contributed by atoms with Crippen LogP contribution in [0.3, 0.4) is 0 Å². The average molecular weight is 353 g/mol. The molecule has 3 fully saturated rings. The van der Waals surface area contributed by atoms with E-state index in [2.05, 4.69) is 12.1 Å². The Bertz CT molecular complexity index is 857. The highest BCUT2D eigenvalue weighted by molar-refractivity contribution is 7.15. The molecule has 0 N–H and O–H groups in total. The van der Waals surface area contributed by atoms with Gasteiger partial charge >= 0.3 is 0 Å². The van der Waals surface area contributed by atoms with Crippen molar-refractivity contribution in [3.63, 3.8) is 0 Å². The zero-order chi connectivity index (χ0) is 17.3. The molecule has 1 aromatic heterocycles. The van der Waals surface area contributed by atoms with Gasteiger partial charge in [0.25, 0.3) is 0 Å². The second-order valence-electron chi connectivity index (χ2n) is 7.41. The molecule has 1 aromatic carbocycles. The van der Waals surface area contributed by atoms with Gasteiger partial charge in [0, 0.05) is 10.4 Å². The Hall–Kier alpha value is -1.85. The number of aryl methyl sites for hydroxylation is 2. The van der Waals surface area contributed by atoms with E-state index in [9.17, 15) is 9.59 Å². The lowest BCUT2D eigenvalue weighted by atomic mass is 9.81. The third-order valence-electron chi connectivity index (χ3n) is 5.90. The quantitative estimate of drug-likeness (QED) is 0.776. The maximum atomic E-state index is 13.0. The Kier molecular flexibility index (Phi) is 3.28. The number of hydrogen-bond donors (Lipinski definition) is 0. The van der Waals surface area contributed by atoms with Gasteiger partial charge in [-0.2, -0.15) is 0 Å². The first kappa shape index (κ1) is 15.4. The van der Waals surface area contributed by atoms with E-state index in [4.69, 9.17) is 9.72 Å². The molecule has 5 atom stereocenters. The van der Waals surface area contributed by atoms with E-state index in [1.54, 1.807) is 11.3 Å². The molecule has 25 heavy (non-hydrogen) atoms. The highest BCUT2D eigenvalue weighted by atomic mass is 32.1. The van der Waals surface area contributed by atoms with E-state index >= 15 is 0 Å². The number of carbonyl (C=O) groups is 2. The van der Waals surface area contributed by atoms with Gasteiger partial charge in [0.15, 0.2) is 11.6 Å². The van der Waals surface area contributed by atoms with E-state index in [0.717, 1.165) is 28.3 Å². The minimum absolute atomic E-state index is 0.0334. The van der Waals surface area contributed by atoms with Crippen molar-refractivity contribution in [3.05, 3.63) is 40.4 Å². The molecule has 2 aromatic rings. The van der Waals surface area contributed by atoms with Crippen molar-refractivity contribution in [2.75, 3.05) is 0 Å². The lowest BCUT2D eigenvalue weighted by molar-refractivity contribution is -0.127. The summed E-state index contributed by atoms with van der Waals surface area (Å²) >= 11 is 1.56. The van der Waals surface area contributed by atoms with Crippen LogP contribution in [0, 0.1) is 25.7 Å². The van der Waals surface area contributed by atoms with Gasteiger partial charge in [-0.3, -0.25) is 9.59 Å². The van der Waals surface area contributed by atoms with Crippen LogP contribution in [0.4, 0.5) is 0 Å². The Morgan fingerprint density at radius 3 is 2.20 bits per heavy atom. The molecule has 2 aliphatic heterocycles. The molecule has 3 heterocycles. The van der Waals surface area contributed by atoms with E-state index in [-0.39, 0.29) is 35.6 Å². The molecule has 1 unspecified atom stereocenters. The summed E-state index contributed by atoms with van der Waals surface area (Å²) in [6.45, 7) is 4.01. The van der Waals surface area contributed by atoms with Crippen LogP contribution in [0.5, 0.6) is 0 Å². The molecule has 128 valence electrons. The zero-order valence-electron chi connectivity index (χ0n) is 14.2. The van der Waals surface area contributed by atoms with Gasteiger partial charge in [-0.05, 0) is 26.7 Å². The third kappa shape index (κ3) is 2.12. The summed E-state index contributed by atoms with van der Waals surface area (Å²) in [4.78, 5) is 31.7. The van der Waals surface area contributed by atoms with Gasteiger partial charge in [-0.25, -0.2) is 4.98 Å². The van der Waals surface area contributed by atoms with Crippen LogP contribution in [0.15, 0.2) is 24.3 Å². The molecule has 5 heteroatoms. The molecule has 2 saturated heterocycles. The number of rotatable bonds is 2. The van der Waals surface area contributed by atoms with Crippen LogP contribution >= 0.6 is 11.3 Å². The minimum atomic E-state index is -0.683. The highest BCUT2D eigenvalue weighted by Crippen LogP contribution is 2.52. The number of carbonyl (C=O) groups excluding carboxylic acids is 2. The smallest absolute Gasteiger partial charge is 0.155 e. The molecule has 2 bridgehead atoms. The predicted molar refractivity (Wildman–Crippen MR) is 94.7 cm³/mol. The van der Waals surface area contributed by atoms with Gasteiger partial charge in [0.05, 0.1) is 29.7 Å². The first-order valence-corrected chi connectivity index (χ1v) is 9.63. The van der Waals surface area contributed by atoms with E-state index < -0.39 is 5.92 Å². The van der Waals surface area contributed by atoms with Gasteiger partial charge in [-0.15, -0.1) is 11.3 Å². The van der Waals surface area contributed by atoms with Crippen molar-refractivity contribution < 1.29 is 14.3 Å². The van der Waals surface area contributed by atoms with Crippen LogP contribution in [0.25, 0.3) is 10.6 Å². The lowest BCUT2D eigenvalue weighted by Gasteiger charge is -2.16. The molecule has 5 rings (SSSR count). The third-order valence-corrected chi connectivity index (χ3v) is 6.94. The molecular formula is C20H19NO3S. The molecule has 4 nitrogen and oxygen atoms in total. The summed E-state index contributed by atoms with van der Waals surface area (Å²) < 4.78 is 5.82. The zero-order valence-corrected chi connectivity index (χ0v) is 15.0. The van der Waals surface area contributed by atoms with E-state index in [1.807, 2.05) is 26.0 Å². The molecule has 1 saturated carbocycles. The summed E-state index contributed by atoms with van der Waals surface area (Å²) in [5.74, 6) is -1.09. The first-order valence-electron chi connectivity index (χ1n) is 8.82. The largest absolute Gasteiger partial charge is 0.373 e. The Balaban J connectivity index is 1.53. The predicted octanol–water partition coefficient (Wildman–Crippen LogP) is 3.46. The summed E-state index contributed by atoms with van der Waals surface area (Å²) in [7, 11) is 0. The van der Waals surface area contributed by atoms with Crippen LogP contribution in [0.1, 0.15) is 34.9 Å². The molecule has 0 spiro atoms. The number of hydrogen-bond acceptors (Lipinski definition) is 5. The molecule has 1 aliphatic carbocycles. The number of thiazole rings is 1. The van der Waals surface area contributed by atoms with Crippen LogP contribution in [-0.4, -0.2) is 28.8 Å². The maximum Gasteiger partial charge on any atom is 0.155 e. The summed E-state index contributed by atoms with van der Waals surface area (Å²) in [6, 6.07) is 8.19. The highest BCUT2D eigenvalue weighted by Gasteiger charge is 2.63. The van der Waals surface area contributed by atoms with Gasteiger partial charge in [0.1, 0.15) is 10.9 Å². The standard InChI is InChI=1S/C20H19NO3S/c1-9-3-5-11(6-4-9)20-21-17(10(2)25-20)16-18(22)14-12-7-8-13(24-12)15(14)19(16)23/h3-6,12-16H,7-8H2,1-2H3/t12-,13+,14-,15+,16?. The average Bonchev–Trinajstić information content (AvgIpc) is 3.33. The number of ether oxygens (including phenoxy) is 1. The topological polar surface area (TPSA) is 56.3 Å². The summed E-state index contributed by atoms with van der Waals surface area (Å²) in [6.07, 6.45) is 1.71. The number of Topliss-reactive ketones (excluding diaryl/α,β-unsaturated/α-hetero) is 2. The van der Waals surface area contributed by atoms with Crippen molar-refractivity contribution in [3.8, 4) is 10.6 Å². The number of ketones is 2. The second-order valence-corrected chi connectivity index (χ2v) is 8.61. The van der Waals surface area contributed by atoms with Crippen LogP contribution in [0.2, 0.25) is 0 Å². The minimum Gasteiger partial charge on any atom is -0.373 e. The first-order chi connectivity index (χ1) is 12.0. The number of aromatic nitrogens is 1. The normalized spacial score (nSPS) is 33.3. The van der Waals surface area contributed by atoms with Crippen LogP contribution < -0.4 is 0 Å². The molecule has 3 aliphatic rings. The maximum absolute atomic E-state index is 13.0. The fourth-order valence-electron chi connectivity index (χ4n) is 4.69. The van der Waals surface area contributed by atoms with Crippen molar-refractivity contribution in [1.29, 1.82) is 0 Å². The number of nitrogens with zero attached hydrogens (tertiary/aromatic N) is 1. The summed E-state index contributed by atoms with van der Waals surface area (Å²) in [5.41, 5.74) is 2.90. The van der Waals surface area contributed by atoms with Crippen molar-refractivity contribution in [2.24, 2.45) is 11.8 Å². The number of fused-ring (bicyclic) bond motifs is 5. The Labute approximate surface area is 150 Å². The van der Waals surface area contributed by atoms with Crippen molar-refractivity contribution in [1.82, 2.24) is 4.98 Å². The molecule has 0 radical (unpaired) electrons. The number of benzene rings is 1. The fraction of sp³-hybridized carbons (Fsp3) is 0.450. The monoisotopic (exact) mass is 353 g/mol. The second kappa shape index (κ2) is 5.32. The van der Waals surface area contributed by atoms with Crippen LogP contribution in [-0.2, 0) is 14.3 Å². The fourth-order valence-corrected chi connectivity index (χ4v) is 5.65.